The molecule has 4 heteroatoms. The van der Waals surface area contributed by atoms with E-state index in [1.165, 1.54) is 6.42 Å². The average molecular weight is 313 g/mol. The van der Waals surface area contributed by atoms with E-state index < -0.39 is 0 Å². The summed E-state index contributed by atoms with van der Waals surface area (Å²) in [5, 5.41) is 0. The number of aromatic nitrogens is 2. The third-order valence-corrected chi connectivity index (χ3v) is 5.13. The van der Waals surface area contributed by atoms with Crippen molar-refractivity contribution in [1.29, 1.82) is 0 Å². The van der Waals surface area contributed by atoms with E-state index in [-0.39, 0.29) is 16.8 Å². The Balaban J connectivity index is 1.97. The second kappa shape index (κ2) is 5.29. The van der Waals surface area contributed by atoms with Crippen molar-refractivity contribution in [1.82, 2.24) is 14.5 Å². The molecule has 0 unspecified atom stereocenters. The number of H-pyrrole nitrogens is 1. The zero-order valence-corrected chi connectivity index (χ0v) is 14.6. The highest BCUT2D eigenvalue weighted by molar-refractivity contribution is 5.74. The van der Waals surface area contributed by atoms with Crippen LogP contribution in [0.25, 0.3) is 11.0 Å². The van der Waals surface area contributed by atoms with Gasteiger partial charge >= 0.3 is 5.69 Å². The minimum atomic E-state index is -0.0695. The van der Waals surface area contributed by atoms with Crippen molar-refractivity contribution in [2.45, 2.75) is 64.6 Å². The molecular weight excluding hydrogens is 286 g/mol. The fraction of sp³-hybridized carbons (Fsp3) is 0.526. The summed E-state index contributed by atoms with van der Waals surface area (Å²) in [6.07, 6.45) is 3.54. The van der Waals surface area contributed by atoms with E-state index in [1.807, 2.05) is 24.3 Å². The number of benzene rings is 1. The van der Waals surface area contributed by atoms with Gasteiger partial charge in [0.1, 0.15) is 0 Å². The van der Waals surface area contributed by atoms with Gasteiger partial charge < -0.3 is 9.88 Å². The number of hydrogen-bond acceptors (Lipinski definition) is 2. The monoisotopic (exact) mass is 313 g/mol. The summed E-state index contributed by atoms with van der Waals surface area (Å²) in [6.45, 7) is 14.0. The van der Waals surface area contributed by atoms with Gasteiger partial charge in [0.05, 0.1) is 17.6 Å². The molecule has 1 saturated heterocycles. The molecule has 1 N–H and O–H groups in total. The summed E-state index contributed by atoms with van der Waals surface area (Å²) in [7, 11) is 0. The van der Waals surface area contributed by atoms with Gasteiger partial charge in [-0.2, -0.15) is 0 Å². The minimum absolute atomic E-state index is 0.0640. The fourth-order valence-corrected chi connectivity index (χ4v) is 4.37. The Labute approximate surface area is 137 Å². The van der Waals surface area contributed by atoms with Crippen LogP contribution in [0.4, 0.5) is 0 Å². The molecule has 0 bridgehead atoms. The van der Waals surface area contributed by atoms with Gasteiger partial charge in [0, 0.05) is 16.8 Å². The topological polar surface area (TPSA) is 41.0 Å². The molecule has 2 aromatic rings. The summed E-state index contributed by atoms with van der Waals surface area (Å²) in [5.74, 6) is 0. The fourth-order valence-electron chi connectivity index (χ4n) is 4.37. The van der Waals surface area contributed by atoms with Crippen molar-refractivity contribution in [2.75, 3.05) is 0 Å². The van der Waals surface area contributed by atoms with Crippen LogP contribution in [0.3, 0.4) is 0 Å². The van der Waals surface area contributed by atoms with Crippen LogP contribution in [0.1, 0.15) is 47.0 Å². The number of rotatable bonds is 3. The molecule has 0 atom stereocenters. The molecular formula is C19H27N3O. The molecule has 1 aromatic heterocycles. The Morgan fingerprint density at radius 1 is 1.17 bits per heavy atom. The number of nitrogens with zero attached hydrogens (tertiary/aromatic N) is 2. The summed E-state index contributed by atoms with van der Waals surface area (Å²) in [5.41, 5.74) is 2.88. The van der Waals surface area contributed by atoms with Crippen molar-refractivity contribution in [3.05, 3.63) is 47.0 Å². The SMILES string of the molecule is C=C(Cn1c(=O)[nH]c2ccccc21)N1C(C)(C)CCCC1(C)C. The van der Waals surface area contributed by atoms with Crippen LogP contribution >= 0.6 is 0 Å². The molecule has 0 radical (unpaired) electrons. The number of nitrogens with one attached hydrogen (secondary N) is 1. The number of allylic oxidation sites excluding steroid dienone is 1. The van der Waals surface area contributed by atoms with Gasteiger partial charge in [-0.05, 0) is 59.1 Å². The first-order chi connectivity index (χ1) is 10.7. The predicted molar refractivity (Wildman–Crippen MR) is 95.5 cm³/mol. The largest absolute Gasteiger partial charge is 0.364 e. The Morgan fingerprint density at radius 2 is 1.78 bits per heavy atom. The molecule has 23 heavy (non-hydrogen) atoms. The summed E-state index contributed by atoms with van der Waals surface area (Å²) in [6, 6.07) is 7.82. The van der Waals surface area contributed by atoms with Crippen molar-refractivity contribution in [3.63, 3.8) is 0 Å². The van der Waals surface area contributed by atoms with Crippen LogP contribution in [0.2, 0.25) is 0 Å². The second-order valence-corrected chi connectivity index (χ2v) is 7.91. The van der Waals surface area contributed by atoms with Crippen LogP contribution in [-0.4, -0.2) is 25.5 Å². The third kappa shape index (κ3) is 2.71. The van der Waals surface area contributed by atoms with Gasteiger partial charge in [-0.3, -0.25) is 4.57 Å². The standard InChI is InChI=1S/C19H27N3O/c1-14(22-18(2,3)11-8-12-19(22,4)5)13-21-16-10-7-6-9-15(16)20-17(21)23/h6-7,9-10H,1,8,11-13H2,2-5H3,(H,20,23). The van der Waals surface area contributed by atoms with Crippen molar-refractivity contribution in [2.24, 2.45) is 0 Å². The molecule has 1 fully saturated rings. The van der Waals surface area contributed by atoms with Gasteiger partial charge in [0.2, 0.25) is 0 Å². The van der Waals surface area contributed by atoms with Crippen LogP contribution in [-0.2, 0) is 6.54 Å². The number of likely N-dealkylation sites (tertiary alicyclic amines) is 1. The first kappa shape index (κ1) is 15.9. The lowest BCUT2D eigenvalue weighted by molar-refractivity contribution is 0.00226. The quantitative estimate of drug-likeness (QED) is 0.934. The maximum atomic E-state index is 12.3. The predicted octanol–water partition coefficient (Wildman–Crippen LogP) is 3.89. The highest BCUT2D eigenvalue weighted by Crippen LogP contribution is 2.40. The molecule has 1 aromatic carbocycles. The Kier molecular flexibility index (Phi) is 3.66. The van der Waals surface area contributed by atoms with E-state index in [9.17, 15) is 4.79 Å². The second-order valence-electron chi connectivity index (χ2n) is 7.91. The van der Waals surface area contributed by atoms with E-state index in [4.69, 9.17) is 0 Å². The first-order valence-corrected chi connectivity index (χ1v) is 8.38. The van der Waals surface area contributed by atoms with Gasteiger partial charge in [0.25, 0.3) is 0 Å². The number of fused-ring (bicyclic) bond motifs is 1. The number of imidazole rings is 1. The third-order valence-electron chi connectivity index (χ3n) is 5.13. The number of hydrogen-bond donors (Lipinski definition) is 1. The lowest BCUT2D eigenvalue weighted by Gasteiger charge is -2.55. The zero-order chi connectivity index (χ0) is 16.8. The molecule has 0 amide bonds. The Bertz CT molecular complexity index is 778. The van der Waals surface area contributed by atoms with Gasteiger partial charge in [-0.1, -0.05) is 18.7 Å². The van der Waals surface area contributed by atoms with Crippen molar-refractivity contribution < 1.29 is 0 Å². The van der Waals surface area contributed by atoms with Crippen LogP contribution in [0.15, 0.2) is 41.3 Å². The van der Waals surface area contributed by atoms with Crippen LogP contribution in [0, 0.1) is 0 Å². The number of piperidine rings is 1. The molecule has 2 heterocycles. The molecule has 3 rings (SSSR count). The summed E-state index contributed by atoms with van der Waals surface area (Å²) < 4.78 is 1.79. The first-order valence-electron chi connectivity index (χ1n) is 8.38. The molecule has 1 aliphatic rings. The number of aromatic amines is 1. The molecule has 0 spiro atoms. The van der Waals surface area contributed by atoms with E-state index in [2.05, 4.69) is 44.2 Å². The average Bonchev–Trinajstić information content (AvgIpc) is 2.73. The lowest BCUT2D eigenvalue weighted by Crippen LogP contribution is -2.58. The maximum Gasteiger partial charge on any atom is 0.326 e. The van der Waals surface area contributed by atoms with E-state index in [1.54, 1.807) is 4.57 Å². The molecule has 4 nitrogen and oxygen atoms in total. The minimum Gasteiger partial charge on any atom is -0.364 e. The Hall–Kier alpha value is -1.97. The maximum absolute atomic E-state index is 12.3. The van der Waals surface area contributed by atoms with Crippen LogP contribution in [0.5, 0.6) is 0 Å². The van der Waals surface area contributed by atoms with E-state index in [0.717, 1.165) is 29.6 Å². The van der Waals surface area contributed by atoms with Crippen LogP contribution < -0.4 is 5.69 Å². The highest BCUT2D eigenvalue weighted by Gasteiger charge is 2.41. The van der Waals surface area contributed by atoms with Crippen molar-refractivity contribution in [3.8, 4) is 0 Å². The van der Waals surface area contributed by atoms with Gasteiger partial charge in [-0.15, -0.1) is 0 Å². The van der Waals surface area contributed by atoms with Crippen molar-refractivity contribution >= 4 is 11.0 Å². The Morgan fingerprint density at radius 3 is 2.43 bits per heavy atom. The molecule has 0 saturated carbocycles. The number of para-hydroxylation sites is 2. The molecule has 1 aliphatic heterocycles. The normalized spacial score (nSPS) is 19.9. The summed E-state index contributed by atoms with van der Waals surface area (Å²) in [4.78, 5) is 17.7. The van der Waals surface area contributed by atoms with Gasteiger partial charge in [0.15, 0.2) is 0 Å². The molecule has 124 valence electrons. The summed E-state index contributed by atoms with van der Waals surface area (Å²) >= 11 is 0. The van der Waals surface area contributed by atoms with E-state index in [0.29, 0.717) is 6.54 Å². The smallest absolute Gasteiger partial charge is 0.326 e. The lowest BCUT2D eigenvalue weighted by atomic mass is 9.79. The van der Waals surface area contributed by atoms with E-state index >= 15 is 0 Å². The highest BCUT2D eigenvalue weighted by atomic mass is 16.1. The zero-order valence-electron chi connectivity index (χ0n) is 14.6. The van der Waals surface area contributed by atoms with Gasteiger partial charge in [-0.25, -0.2) is 4.79 Å². The molecule has 0 aliphatic carbocycles.